The molecule has 16 rings (SSSR count). The Balaban J connectivity index is 1.07. The Morgan fingerprint density at radius 1 is 0.307 bits per heavy atom. The van der Waals surface area contributed by atoms with Crippen LogP contribution in [0.25, 0.3) is 73.4 Å². The average Bonchev–Trinajstić information content (AvgIpc) is 1.55. The van der Waals surface area contributed by atoms with E-state index in [-0.39, 0.29) is 0 Å². The van der Waals surface area contributed by atoms with Crippen LogP contribution in [0.2, 0.25) is 0 Å². The maximum absolute atomic E-state index is 2.58. The molecule has 101 heavy (non-hydrogen) atoms. The largest absolute Gasteiger partial charge is 0.309 e. The minimum atomic E-state index is -0.768. The summed E-state index contributed by atoms with van der Waals surface area (Å²) >= 11 is 4.22. The number of anilines is 3. The molecule has 14 aromatic rings. The van der Waals surface area contributed by atoms with Crippen molar-refractivity contribution in [3.8, 4) is 20.9 Å². The Morgan fingerprint density at radius 3 is 1.09 bits per heavy atom. The summed E-state index contributed by atoms with van der Waals surface area (Å²) < 4.78 is 2.80. The van der Waals surface area contributed by atoms with Crippen molar-refractivity contribution >= 4 is 92.2 Å². The molecule has 2 aromatic heterocycles. The summed E-state index contributed by atoms with van der Waals surface area (Å²) in [4.78, 5) is 5.36. The molecule has 0 saturated carbocycles. The van der Waals surface area contributed by atoms with Crippen LogP contribution in [0.4, 0.5) is 17.1 Å². The topological polar surface area (TPSA) is 3.24 Å². The molecule has 0 atom stereocenters. The summed E-state index contributed by atoms with van der Waals surface area (Å²) in [6.45, 7) is 13.7. The highest BCUT2D eigenvalue weighted by Gasteiger charge is 2.53. The molecule has 2 heterocycles. The van der Waals surface area contributed by atoms with Gasteiger partial charge in [0, 0.05) is 54.2 Å². The number of aryl methyl sites for hydroxylation is 6. The van der Waals surface area contributed by atoms with Crippen LogP contribution in [0.1, 0.15) is 208 Å². The highest BCUT2D eigenvalue weighted by molar-refractivity contribution is 7.32. The van der Waals surface area contributed by atoms with Crippen LogP contribution < -0.4 is 4.90 Å². The van der Waals surface area contributed by atoms with Crippen molar-refractivity contribution in [3.63, 3.8) is 0 Å². The van der Waals surface area contributed by atoms with E-state index in [0.717, 1.165) is 37.1 Å². The van der Waals surface area contributed by atoms with E-state index in [4.69, 9.17) is 0 Å². The molecule has 1 nitrogen and oxygen atoms in total. The Bertz CT molecular complexity index is 5120. The molecule has 2 aliphatic rings. The van der Waals surface area contributed by atoms with E-state index in [0.29, 0.717) is 0 Å². The van der Waals surface area contributed by atoms with E-state index < -0.39 is 10.8 Å². The number of unbranched alkanes of at least 4 members (excludes halogenated alkanes) is 12. The van der Waals surface area contributed by atoms with Gasteiger partial charge in [0.25, 0.3) is 0 Å². The quantitative estimate of drug-likeness (QED) is 0.0366. The number of hydrogen-bond donors (Lipinski definition) is 0. The Morgan fingerprint density at radius 2 is 0.663 bits per heavy atom. The first-order valence-corrected chi connectivity index (χ1v) is 40.3. The standard InChI is InChI=1S/C98H97NS2/c1-7-11-15-19-29-68-45-53-74(54-46-68)97(75-55-47-69(48-56-75)30-20-16-12-8-2)84-39-27-34-73-65-72-33-23-24-35-80(72)88(86(73)84)93-90(97)95-96(100-93)91-94(101-95)89-81-36-25-26-37-82(81)92(99(78-61-41-66(5)42-62-78)79-63-43-67(6)44-64-79)83-38-28-40-85(87(83)89)98(91,76-57-49-70(50-58-76)31-21-17-13-9-3)77-59-51-71(52-60-77)32-22-18-14-10-4/h23-28,33-65H,7-22,29-32H2,1-6H3. The second kappa shape index (κ2) is 28.9. The molecule has 0 radical (unpaired) electrons. The number of fused-ring (bicyclic) bond motifs is 11. The number of nitrogens with zero attached hydrogens (tertiary/aromatic N) is 1. The van der Waals surface area contributed by atoms with Gasteiger partial charge in [-0.3, -0.25) is 0 Å². The molecule has 0 N–H and O–H groups in total. The van der Waals surface area contributed by atoms with Gasteiger partial charge in [0.2, 0.25) is 0 Å². The molecule has 0 unspecified atom stereocenters. The average molecular weight is 1350 g/mol. The number of benzene rings is 12. The summed E-state index contributed by atoms with van der Waals surface area (Å²) in [6, 6.07) is 95.2. The first-order chi connectivity index (χ1) is 49.8. The molecular weight excluding hydrogens is 1260 g/mol. The van der Waals surface area contributed by atoms with Gasteiger partial charge in [-0.15, -0.1) is 22.7 Å². The van der Waals surface area contributed by atoms with Crippen molar-refractivity contribution in [1.82, 2.24) is 0 Å². The van der Waals surface area contributed by atoms with E-state index in [1.165, 1.54) is 260 Å². The Labute approximate surface area is 609 Å². The third-order valence-corrected chi connectivity index (χ3v) is 25.7. The highest BCUT2D eigenvalue weighted by Crippen LogP contribution is 2.69. The Hall–Kier alpha value is -8.86. The minimum Gasteiger partial charge on any atom is -0.309 e. The third-order valence-electron chi connectivity index (χ3n) is 23.1. The SMILES string of the molecule is CCCCCCc1ccc(C2(c3ccc(CCCCCC)cc3)c3c(sc4c5c(sc34)-c3c4ccccc4c(N(c4ccc(C)cc4)c4ccc(C)cc4)c4cccc(c34)C5(c3ccc(CCCCCC)cc3)c3ccc(CCCCCC)cc3)-c3c4ccccc4cc4cccc2c34)cc1. The minimum absolute atomic E-state index is 0.699. The van der Waals surface area contributed by atoms with Crippen molar-refractivity contribution < 1.29 is 0 Å². The molecule has 0 amide bonds. The molecule has 0 aliphatic heterocycles. The van der Waals surface area contributed by atoms with Crippen molar-refractivity contribution in [2.24, 2.45) is 0 Å². The number of hydrogen-bond acceptors (Lipinski definition) is 3. The molecule has 0 bridgehead atoms. The van der Waals surface area contributed by atoms with E-state index in [1.54, 1.807) is 0 Å². The van der Waals surface area contributed by atoms with Gasteiger partial charge < -0.3 is 4.90 Å². The van der Waals surface area contributed by atoms with Crippen LogP contribution in [-0.2, 0) is 36.5 Å². The molecule has 0 saturated heterocycles. The summed E-state index contributed by atoms with van der Waals surface area (Å²) in [5, 5.41) is 10.4. The van der Waals surface area contributed by atoms with Gasteiger partial charge in [0.15, 0.2) is 0 Å². The normalized spacial score (nSPS) is 13.4. The Kier molecular flexibility index (Phi) is 19.1. The third kappa shape index (κ3) is 11.7. The summed E-state index contributed by atoms with van der Waals surface area (Å²) in [7, 11) is 0. The van der Waals surface area contributed by atoms with Gasteiger partial charge in [0.1, 0.15) is 0 Å². The molecule has 506 valence electrons. The second-order valence-electron chi connectivity index (χ2n) is 29.7. The van der Waals surface area contributed by atoms with E-state index in [2.05, 4.69) is 306 Å². The maximum Gasteiger partial charge on any atom is 0.0736 e. The molecule has 0 spiro atoms. The zero-order valence-corrected chi connectivity index (χ0v) is 62.1. The van der Waals surface area contributed by atoms with Crippen LogP contribution in [0.15, 0.2) is 237 Å². The number of thiophene rings is 2. The zero-order chi connectivity index (χ0) is 68.6. The lowest BCUT2D eigenvalue weighted by atomic mass is 9.59. The first kappa shape index (κ1) is 66.7. The van der Waals surface area contributed by atoms with Gasteiger partial charge in [0.05, 0.1) is 25.9 Å². The molecule has 3 heteroatoms. The van der Waals surface area contributed by atoms with Gasteiger partial charge in [-0.2, -0.15) is 0 Å². The smallest absolute Gasteiger partial charge is 0.0736 e. The fourth-order valence-electron chi connectivity index (χ4n) is 17.9. The van der Waals surface area contributed by atoms with Crippen molar-refractivity contribution in [2.75, 3.05) is 4.90 Å². The molecule has 12 aromatic carbocycles. The lowest BCUT2D eigenvalue weighted by Crippen LogP contribution is -2.33. The predicted molar refractivity (Wildman–Crippen MR) is 440 cm³/mol. The van der Waals surface area contributed by atoms with Crippen molar-refractivity contribution in [1.29, 1.82) is 0 Å². The second-order valence-corrected chi connectivity index (χ2v) is 31.7. The predicted octanol–water partition coefficient (Wildman–Crippen LogP) is 28.9. The van der Waals surface area contributed by atoms with Gasteiger partial charge in [-0.05, 0) is 183 Å². The fourth-order valence-corrected chi connectivity index (χ4v) is 21.2. The highest BCUT2D eigenvalue weighted by atomic mass is 32.1. The van der Waals surface area contributed by atoms with Crippen LogP contribution in [0.5, 0.6) is 0 Å². The van der Waals surface area contributed by atoms with Crippen LogP contribution in [0.3, 0.4) is 0 Å². The van der Waals surface area contributed by atoms with E-state index in [1.807, 2.05) is 0 Å². The maximum atomic E-state index is 2.58. The van der Waals surface area contributed by atoms with E-state index >= 15 is 0 Å². The van der Waals surface area contributed by atoms with Crippen LogP contribution >= 0.6 is 22.7 Å². The van der Waals surface area contributed by atoms with Gasteiger partial charge in [-0.25, -0.2) is 0 Å². The fraction of sp³-hybridized carbons (Fsp3) is 0.286. The van der Waals surface area contributed by atoms with Crippen molar-refractivity contribution in [2.45, 2.75) is 181 Å². The van der Waals surface area contributed by atoms with Crippen molar-refractivity contribution in [3.05, 3.63) is 314 Å². The molecular formula is C98H97NS2. The summed E-state index contributed by atoms with van der Waals surface area (Å²) in [5.74, 6) is 0. The van der Waals surface area contributed by atoms with Crippen LogP contribution in [0, 0.1) is 13.8 Å². The zero-order valence-electron chi connectivity index (χ0n) is 60.4. The lowest BCUT2D eigenvalue weighted by Gasteiger charge is -2.42. The summed E-state index contributed by atoms with van der Waals surface area (Å²) in [5.41, 5.74) is 23.9. The molecule has 2 aliphatic carbocycles. The summed E-state index contributed by atoms with van der Waals surface area (Å²) in [6.07, 6.45) is 24.2. The first-order valence-electron chi connectivity index (χ1n) is 38.6. The van der Waals surface area contributed by atoms with Gasteiger partial charge in [-0.1, -0.05) is 322 Å². The molecule has 0 fully saturated rings. The monoisotopic (exact) mass is 1350 g/mol. The number of rotatable bonds is 27. The lowest BCUT2D eigenvalue weighted by molar-refractivity contribution is 0.666. The van der Waals surface area contributed by atoms with E-state index in [9.17, 15) is 0 Å². The van der Waals surface area contributed by atoms with Gasteiger partial charge >= 0.3 is 0 Å². The van der Waals surface area contributed by atoms with Crippen LogP contribution in [-0.4, -0.2) is 0 Å².